The van der Waals surface area contributed by atoms with Crippen molar-refractivity contribution in [3.63, 3.8) is 0 Å². The van der Waals surface area contributed by atoms with E-state index in [2.05, 4.69) is 62.5 Å². The molecule has 0 aromatic heterocycles. The lowest BCUT2D eigenvalue weighted by molar-refractivity contribution is -0.161. The second kappa shape index (κ2) is 32.2. The molecule has 3 atom stereocenters. The first-order valence-electron chi connectivity index (χ1n) is 17.6. The smallest absolute Gasteiger partial charge is 0.306 e. The Labute approximate surface area is 270 Å². The average molecular weight is 619 g/mol. The fraction of sp³-hybridized carbons (Fsp3) is 0.737. The van der Waals surface area contributed by atoms with Crippen LogP contribution in [-0.2, 0) is 19.1 Å². The molecule has 0 saturated carbocycles. The van der Waals surface area contributed by atoms with Crippen molar-refractivity contribution in [3.05, 3.63) is 48.6 Å². The molecule has 0 heterocycles. The monoisotopic (exact) mass is 618 g/mol. The number of aliphatic hydroxyl groups excluding tert-OH is 2. The molecule has 0 bridgehead atoms. The highest BCUT2D eigenvalue weighted by Gasteiger charge is 2.16. The summed E-state index contributed by atoms with van der Waals surface area (Å²) in [7, 11) is 0. The minimum absolute atomic E-state index is 0.104. The maximum absolute atomic E-state index is 12.1. The Morgan fingerprint density at radius 1 is 0.636 bits per heavy atom. The zero-order valence-corrected chi connectivity index (χ0v) is 28.4. The number of rotatable bonds is 30. The summed E-state index contributed by atoms with van der Waals surface area (Å²) in [6.07, 6.45) is 35.9. The largest absolute Gasteiger partial charge is 0.462 e. The first kappa shape index (κ1) is 41.8. The number of allylic oxidation sites excluding steroid dienone is 8. The van der Waals surface area contributed by atoms with Gasteiger partial charge in [-0.1, -0.05) is 120 Å². The molecule has 0 saturated heterocycles. The van der Waals surface area contributed by atoms with Crippen LogP contribution in [0.5, 0.6) is 0 Å². The van der Waals surface area contributed by atoms with Crippen LogP contribution in [0.3, 0.4) is 0 Å². The summed E-state index contributed by atoms with van der Waals surface area (Å²) in [6, 6.07) is 0. The molecule has 0 fully saturated rings. The molecule has 0 aliphatic heterocycles. The molecule has 0 amide bonds. The number of unbranched alkanes of at least 4 members (excludes halogenated alkanes) is 9. The van der Waals surface area contributed by atoms with Crippen LogP contribution in [0.15, 0.2) is 48.6 Å². The van der Waals surface area contributed by atoms with Gasteiger partial charge in [0, 0.05) is 12.8 Å². The highest BCUT2D eigenvalue weighted by Crippen LogP contribution is 2.15. The van der Waals surface area contributed by atoms with Crippen LogP contribution in [0.4, 0.5) is 0 Å². The van der Waals surface area contributed by atoms with E-state index in [4.69, 9.17) is 9.47 Å². The lowest BCUT2D eigenvalue weighted by Gasteiger charge is -2.15. The summed E-state index contributed by atoms with van der Waals surface area (Å²) in [5.41, 5.74) is 0. The lowest BCUT2D eigenvalue weighted by atomic mass is 9.99. The molecule has 0 radical (unpaired) electrons. The van der Waals surface area contributed by atoms with Crippen molar-refractivity contribution in [2.75, 3.05) is 13.2 Å². The molecule has 0 aliphatic rings. The molecule has 6 nitrogen and oxygen atoms in total. The first-order chi connectivity index (χ1) is 21.4. The molecular weight excluding hydrogens is 552 g/mol. The highest BCUT2D eigenvalue weighted by molar-refractivity contribution is 5.70. The Hall–Kier alpha value is -2.18. The summed E-state index contributed by atoms with van der Waals surface area (Å²) in [5.74, 6) is 0.169. The number of hydrogen-bond acceptors (Lipinski definition) is 6. The normalized spacial score (nSPS) is 14.2. The van der Waals surface area contributed by atoms with Crippen LogP contribution >= 0.6 is 0 Å². The summed E-state index contributed by atoms with van der Waals surface area (Å²) in [6.45, 7) is 5.95. The summed E-state index contributed by atoms with van der Waals surface area (Å²) in [5, 5.41) is 18.7. The molecule has 0 aromatic carbocycles. The van der Waals surface area contributed by atoms with E-state index in [0.717, 1.165) is 70.1 Å². The third-order valence-electron chi connectivity index (χ3n) is 7.68. The molecule has 254 valence electrons. The van der Waals surface area contributed by atoms with Crippen molar-refractivity contribution >= 4 is 11.9 Å². The second-order valence-corrected chi connectivity index (χ2v) is 12.1. The van der Waals surface area contributed by atoms with Gasteiger partial charge in [0.05, 0.1) is 12.7 Å². The molecule has 1 unspecified atom stereocenters. The second-order valence-electron chi connectivity index (χ2n) is 12.1. The van der Waals surface area contributed by atoms with Gasteiger partial charge in [0.2, 0.25) is 0 Å². The van der Waals surface area contributed by atoms with E-state index in [1.165, 1.54) is 44.9 Å². The average Bonchev–Trinajstić information content (AvgIpc) is 3.01. The maximum Gasteiger partial charge on any atom is 0.306 e. The third-order valence-corrected chi connectivity index (χ3v) is 7.68. The third kappa shape index (κ3) is 31.3. The quantitative estimate of drug-likeness (QED) is 0.0473. The van der Waals surface area contributed by atoms with Crippen molar-refractivity contribution in [2.24, 2.45) is 5.92 Å². The van der Waals surface area contributed by atoms with Crippen molar-refractivity contribution in [3.8, 4) is 0 Å². The Bertz CT molecular complexity index is 782. The van der Waals surface area contributed by atoms with Gasteiger partial charge in [-0.25, -0.2) is 0 Å². The van der Waals surface area contributed by atoms with Gasteiger partial charge in [0.15, 0.2) is 6.10 Å². The van der Waals surface area contributed by atoms with Gasteiger partial charge < -0.3 is 19.7 Å². The molecule has 2 N–H and O–H groups in total. The zero-order chi connectivity index (χ0) is 32.5. The maximum atomic E-state index is 12.1. The van der Waals surface area contributed by atoms with Gasteiger partial charge >= 0.3 is 11.9 Å². The van der Waals surface area contributed by atoms with E-state index < -0.39 is 6.10 Å². The SMILES string of the molecule is CCC(C)CCCCCCCCCCC(=O)O[C@@H](CO)COC(=O)CCC/C=C\C/C=C\C/C=C\C/C=C\CCC[C@@H](C)O. The number of esters is 2. The number of ether oxygens (including phenoxy) is 2. The van der Waals surface area contributed by atoms with Gasteiger partial charge in [0.1, 0.15) is 6.61 Å². The molecule has 0 aromatic rings. The van der Waals surface area contributed by atoms with E-state index in [9.17, 15) is 19.8 Å². The van der Waals surface area contributed by atoms with Gasteiger partial charge in [-0.2, -0.15) is 0 Å². The van der Waals surface area contributed by atoms with E-state index >= 15 is 0 Å². The Balaban J connectivity index is 3.72. The predicted octanol–water partition coefficient (Wildman–Crippen LogP) is 9.50. The standard InChI is InChI=1S/C38H66O6/c1-4-34(2)28-24-20-16-14-15-19-23-27-31-38(42)44-36(32-39)33-43-37(41)30-26-22-18-13-11-9-7-5-6-8-10-12-17-21-25-29-35(3)40/h6-9,12-13,17-18,34-36,39-40H,4-5,10-11,14-16,19-33H2,1-3H3/b8-6-,9-7-,17-12-,18-13-/t34?,35-,36+/m1/s1. The van der Waals surface area contributed by atoms with E-state index in [-0.39, 0.29) is 31.3 Å². The summed E-state index contributed by atoms with van der Waals surface area (Å²) >= 11 is 0. The van der Waals surface area contributed by atoms with Crippen molar-refractivity contribution < 1.29 is 29.3 Å². The first-order valence-corrected chi connectivity index (χ1v) is 17.6. The number of carbonyl (C=O) groups is 2. The minimum atomic E-state index is -0.800. The topological polar surface area (TPSA) is 93.1 Å². The van der Waals surface area contributed by atoms with Gasteiger partial charge in [-0.15, -0.1) is 0 Å². The Morgan fingerprint density at radius 3 is 1.68 bits per heavy atom. The fourth-order valence-electron chi connectivity index (χ4n) is 4.60. The molecular formula is C38H66O6. The fourth-order valence-corrected chi connectivity index (χ4v) is 4.60. The zero-order valence-electron chi connectivity index (χ0n) is 28.4. The molecule has 6 heteroatoms. The van der Waals surface area contributed by atoms with Crippen molar-refractivity contribution in [1.29, 1.82) is 0 Å². The van der Waals surface area contributed by atoms with Crippen LogP contribution < -0.4 is 0 Å². The van der Waals surface area contributed by atoms with E-state index in [0.29, 0.717) is 19.3 Å². The minimum Gasteiger partial charge on any atom is -0.462 e. The number of aliphatic hydroxyl groups is 2. The van der Waals surface area contributed by atoms with E-state index in [1.54, 1.807) is 0 Å². The summed E-state index contributed by atoms with van der Waals surface area (Å²) in [4.78, 5) is 24.1. The van der Waals surface area contributed by atoms with Gasteiger partial charge in [-0.05, 0) is 70.6 Å². The Morgan fingerprint density at radius 2 is 1.14 bits per heavy atom. The van der Waals surface area contributed by atoms with Crippen LogP contribution in [0.25, 0.3) is 0 Å². The van der Waals surface area contributed by atoms with Crippen LogP contribution in [0.1, 0.15) is 149 Å². The van der Waals surface area contributed by atoms with Gasteiger partial charge in [-0.3, -0.25) is 9.59 Å². The predicted molar refractivity (Wildman–Crippen MR) is 183 cm³/mol. The molecule has 0 rings (SSSR count). The number of carbonyl (C=O) groups excluding carboxylic acids is 2. The van der Waals surface area contributed by atoms with E-state index in [1.807, 2.05) is 6.92 Å². The van der Waals surface area contributed by atoms with Crippen molar-refractivity contribution in [2.45, 2.75) is 161 Å². The van der Waals surface area contributed by atoms with Gasteiger partial charge in [0.25, 0.3) is 0 Å². The molecule has 44 heavy (non-hydrogen) atoms. The van der Waals surface area contributed by atoms with Crippen LogP contribution in [-0.4, -0.2) is 47.6 Å². The molecule has 0 spiro atoms. The molecule has 0 aliphatic carbocycles. The summed E-state index contributed by atoms with van der Waals surface area (Å²) < 4.78 is 10.5. The van der Waals surface area contributed by atoms with Crippen LogP contribution in [0, 0.1) is 5.92 Å². The van der Waals surface area contributed by atoms with Crippen LogP contribution in [0.2, 0.25) is 0 Å². The Kier molecular flexibility index (Phi) is 30.6. The number of hydrogen-bond donors (Lipinski definition) is 2. The lowest BCUT2D eigenvalue weighted by Crippen LogP contribution is -2.28. The highest BCUT2D eigenvalue weighted by atomic mass is 16.6. The van der Waals surface area contributed by atoms with Crippen molar-refractivity contribution in [1.82, 2.24) is 0 Å².